The number of halogens is 2. The van der Waals surface area contributed by atoms with Gasteiger partial charge in [0, 0.05) is 34.4 Å². The van der Waals surface area contributed by atoms with Gasteiger partial charge in [0.25, 0.3) is 0 Å². The Kier molecular flexibility index (Phi) is 4.25. The summed E-state index contributed by atoms with van der Waals surface area (Å²) in [5.41, 5.74) is 4.33. The van der Waals surface area contributed by atoms with E-state index in [1.165, 1.54) is 0 Å². The van der Waals surface area contributed by atoms with Crippen molar-refractivity contribution in [3.05, 3.63) is 92.6 Å². The minimum absolute atomic E-state index is 0.114. The van der Waals surface area contributed by atoms with E-state index in [9.17, 15) is 0 Å². The lowest BCUT2D eigenvalue weighted by Gasteiger charge is -2.38. The molecule has 1 aromatic heterocycles. The van der Waals surface area contributed by atoms with E-state index in [2.05, 4.69) is 60.1 Å². The van der Waals surface area contributed by atoms with Gasteiger partial charge in [0.1, 0.15) is 5.75 Å². The Morgan fingerprint density at radius 3 is 2.67 bits per heavy atom. The van der Waals surface area contributed by atoms with Crippen LogP contribution in [-0.4, -0.2) is 15.7 Å². The molecule has 0 fully saturated rings. The summed E-state index contributed by atoms with van der Waals surface area (Å²) in [7, 11) is 0. The fraction of sp³-hybridized carbons (Fsp3) is 0.143. The average molecular weight is 485 g/mol. The highest BCUT2D eigenvalue weighted by Crippen LogP contribution is 2.50. The lowest BCUT2D eigenvalue weighted by Crippen LogP contribution is -2.34. The van der Waals surface area contributed by atoms with Crippen molar-refractivity contribution >= 4 is 37.6 Å². The molecule has 3 aromatic rings. The fourth-order valence-corrected chi connectivity index (χ4v) is 5.01. The summed E-state index contributed by atoms with van der Waals surface area (Å²) in [5.74, 6) is 0.873. The molecule has 27 heavy (non-hydrogen) atoms. The topological polar surface area (TPSA) is 37.7 Å². The van der Waals surface area contributed by atoms with Gasteiger partial charge in [-0.2, -0.15) is 5.10 Å². The molecule has 0 saturated carbocycles. The normalized spacial score (nSPS) is 20.5. The second-order valence-corrected chi connectivity index (χ2v) is 8.35. The Morgan fingerprint density at radius 1 is 1.04 bits per heavy atom. The van der Waals surface area contributed by atoms with Crippen LogP contribution in [0, 0.1) is 0 Å². The Labute approximate surface area is 174 Å². The smallest absolute Gasteiger partial charge is 0.215 e. The van der Waals surface area contributed by atoms with Crippen LogP contribution in [0.5, 0.6) is 5.75 Å². The summed E-state index contributed by atoms with van der Waals surface area (Å²) in [5, 5.41) is 7.03. The van der Waals surface area contributed by atoms with Crippen molar-refractivity contribution in [2.75, 3.05) is 0 Å². The Balaban J connectivity index is 1.64. The SMILES string of the molecule is Brc1cc(Br)c2c(c1)[C@H]1CC(c3ccccc3)=NN1[C@H](c1cccnc1)O2. The van der Waals surface area contributed by atoms with Gasteiger partial charge in [0.05, 0.1) is 16.2 Å². The zero-order valence-electron chi connectivity index (χ0n) is 14.2. The fourth-order valence-electron chi connectivity index (χ4n) is 3.66. The maximum atomic E-state index is 6.41. The van der Waals surface area contributed by atoms with Crippen LogP contribution < -0.4 is 4.74 Å². The molecule has 0 spiro atoms. The number of aromatic nitrogens is 1. The van der Waals surface area contributed by atoms with E-state index in [1.54, 1.807) is 6.20 Å². The van der Waals surface area contributed by atoms with Gasteiger partial charge >= 0.3 is 0 Å². The summed E-state index contributed by atoms with van der Waals surface area (Å²) in [4.78, 5) is 4.27. The number of pyridine rings is 1. The summed E-state index contributed by atoms with van der Waals surface area (Å²) in [6, 6.07) is 18.5. The first kappa shape index (κ1) is 17.0. The van der Waals surface area contributed by atoms with Crippen LogP contribution in [0.2, 0.25) is 0 Å². The maximum Gasteiger partial charge on any atom is 0.215 e. The standard InChI is InChI=1S/C21H15Br2N3O/c22-15-9-16-19-11-18(13-5-2-1-3-6-13)25-26(19)21(14-7-4-8-24-12-14)27-20(16)17(23)10-15/h1-10,12,19,21H,11H2/t19-,21+/m1/s1. The van der Waals surface area contributed by atoms with Crippen molar-refractivity contribution in [2.45, 2.75) is 18.7 Å². The van der Waals surface area contributed by atoms with Crippen molar-refractivity contribution in [1.82, 2.24) is 9.99 Å². The maximum absolute atomic E-state index is 6.41. The predicted octanol–water partition coefficient (Wildman–Crippen LogP) is 5.85. The molecule has 2 aromatic carbocycles. The number of fused-ring (bicyclic) bond motifs is 3. The second-order valence-electron chi connectivity index (χ2n) is 6.58. The molecule has 6 heteroatoms. The third kappa shape index (κ3) is 2.97. The molecule has 0 N–H and O–H groups in total. The second kappa shape index (κ2) is 6.77. The average Bonchev–Trinajstić information content (AvgIpc) is 3.15. The summed E-state index contributed by atoms with van der Waals surface area (Å²) < 4.78 is 8.37. The van der Waals surface area contributed by atoms with Crippen LogP contribution >= 0.6 is 31.9 Å². The molecule has 134 valence electrons. The number of nitrogens with zero attached hydrogens (tertiary/aromatic N) is 3. The van der Waals surface area contributed by atoms with Crippen LogP contribution in [0.4, 0.5) is 0 Å². The highest BCUT2D eigenvalue weighted by molar-refractivity contribution is 9.11. The quantitative estimate of drug-likeness (QED) is 0.458. The van der Waals surface area contributed by atoms with Gasteiger partial charge in [-0.25, -0.2) is 5.01 Å². The molecule has 2 aliphatic heterocycles. The molecule has 0 radical (unpaired) electrons. The number of rotatable bonds is 2. The van der Waals surface area contributed by atoms with E-state index in [4.69, 9.17) is 9.84 Å². The number of hydrogen-bond acceptors (Lipinski definition) is 4. The van der Waals surface area contributed by atoms with Gasteiger partial charge in [0.2, 0.25) is 6.23 Å². The number of hydrogen-bond donors (Lipinski definition) is 0. The molecule has 0 amide bonds. The highest BCUT2D eigenvalue weighted by Gasteiger charge is 2.42. The molecular formula is C21H15Br2N3O. The van der Waals surface area contributed by atoms with Crippen LogP contribution in [-0.2, 0) is 0 Å². The van der Waals surface area contributed by atoms with Crippen molar-refractivity contribution in [1.29, 1.82) is 0 Å². The predicted molar refractivity (Wildman–Crippen MR) is 112 cm³/mol. The van der Waals surface area contributed by atoms with E-state index in [0.29, 0.717) is 0 Å². The number of benzene rings is 2. The Morgan fingerprint density at radius 2 is 1.89 bits per heavy atom. The van der Waals surface area contributed by atoms with Gasteiger partial charge in [-0.05, 0) is 39.7 Å². The van der Waals surface area contributed by atoms with Crippen molar-refractivity contribution in [3.63, 3.8) is 0 Å². The minimum Gasteiger partial charge on any atom is -0.463 e. The molecule has 2 aliphatic rings. The summed E-state index contributed by atoms with van der Waals surface area (Å²) >= 11 is 7.27. The Hall–Kier alpha value is -2.18. The number of ether oxygens (including phenoxy) is 1. The van der Waals surface area contributed by atoms with Gasteiger partial charge in [-0.1, -0.05) is 52.3 Å². The van der Waals surface area contributed by atoms with Crippen molar-refractivity contribution < 1.29 is 4.74 Å². The first-order chi connectivity index (χ1) is 13.2. The van der Waals surface area contributed by atoms with E-state index in [-0.39, 0.29) is 12.3 Å². The zero-order chi connectivity index (χ0) is 18.4. The van der Waals surface area contributed by atoms with E-state index in [1.807, 2.05) is 42.6 Å². The van der Waals surface area contributed by atoms with Gasteiger partial charge < -0.3 is 4.74 Å². The molecule has 0 aliphatic carbocycles. The van der Waals surface area contributed by atoms with E-state index in [0.717, 1.165) is 43.5 Å². The summed E-state index contributed by atoms with van der Waals surface area (Å²) in [6.45, 7) is 0. The third-order valence-corrected chi connectivity index (χ3v) is 5.93. The van der Waals surface area contributed by atoms with Crippen LogP contribution in [0.3, 0.4) is 0 Å². The summed E-state index contributed by atoms with van der Waals surface area (Å²) in [6.07, 6.45) is 4.14. The highest BCUT2D eigenvalue weighted by atomic mass is 79.9. The molecule has 3 heterocycles. The number of hydrazone groups is 1. The van der Waals surface area contributed by atoms with Crippen LogP contribution in [0.25, 0.3) is 0 Å². The molecule has 0 bridgehead atoms. The van der Waals surface area contributed by atoms with E-state index >= 15 is 0 Å². The van der Waals surface area contributed by atoms with Gasteiger partial charge in [-0.3, -0.25) is 4.98 Å². The first-order valence-electron chi connectivity index (χ1n) is 8.67. The molecule has 0 unspecified atom stereocenters. The lowest BCUT2D eigenvalue weighted by molar-refractivity contribution is -0.0199. The molecular weight excluding hydrogens is 470 g/mol. The largest absolute Gasteiger partial charge is 0.463 e. The van der Waals surface area contributed by atoms with E-state index < -0.39 is 0 Å². The Bertz CT molecular complexity index is 1020. The first-order valence-corrected chi connectivity index (χ1v) is 10.3. The van der Waals surface area contributed by atoms with Gasteiger partial charge in [-0.15, -0.1) is 0 Å². The van der Waals surface area contributed by atoms with Crippen LogP contribution in [0.1, 0.15) is 35.4 Å². The third-order valence-electron chi connectivity index (χ3n) is 4.88. The molecule has 5 rings (SSSR count). The monoisotopic (exact) mass is 483 g/mol. The zero-order valence-corrected chi connectivity index (χ0v) is 17.4. The molecule has 2 atom stereocenters. The van der Waals surface area contributed by atoms with Gasteiger partial charge in [0.15, 0.2) is 0 Å². The molecule has 0 saturated heterocycles. The molecule has 4 nitrogen and oxygen atoms in total. The van der Waals surface area contributed by atoms with Crippen LogP contribution in [0.15, 0.2) is 81.0 Å². The minimum atomic E-state index is -0.310. The lowest BCUT2D eigenvalue weighted by atomic mass is 9.96. The van der Waals surface area contributed by atoms with Crippen molar-refractivity contribution in [2.24, 2.45) is 5.10 Å². The van der Waals surface area contributed by atoms with Crippen molar-refractivity contribution in [3.8, 4) is 5.75 Å².